The Balaban J connectivity index is 1.87. The van der Waals surface area contributed by atoms with Gasteiger partial charge in [0.25, 0.3) is 0 Å². The number of hydrogen-bond acceptors (Lipinski definition) is 2. The van der Waals surface area contributed by atoms with Gasteiger partial charge in [0, 0.05) is 14.7 Å². The van der Waals surface area contributed by atoms with E-state index in [1.54, 1.807) is 0 Å². The molecule has 0 spiro atoms. The van der Waals surface area contributed by atoms with Crippen LogP contribution in [0.1, 0.15) is 5.56 Å². The lowest BCUT2D eigenvalue weighted by molar-refractivity contribution is 0.566. The van der Waals surface area contributed by atoms with Gasteiger partial charge in [0.1, 0.15) is 18.0 Å². The second-order valence-electron chi connectivity index (χ2n) is 4.51. The quantitative estimate of drug-likeness (QED) is 0.629. The van der Waals surface area contributed by atoms with Gasteiger partial charge in [-0.25, -0.2) is 18.4 Å². The molecule has 106 valence electrons. The number of rotatable bonds is 3. The molecule has 2 aromatic carbocycles. The number of halogens is 3. The van der Waals surface area contributed by atoms with Crippen LogP contribution in [0, 0.1) is 15.2 Å². The van der Waals surface area contributed by atoms with Gasteiger partial charge in [-0.2, -0.15) is 5.10 Å². The van der Waals surface area contributed by atoms with Gasteiger partial charge in [-0.15, -0.1) is 0 Å². The molecule has 0 aliphatic rings. The summed E-state index contributed by atoms with van der Waals surface area (Å²) in [5, 5.41) is 4.30. The molecule has 0 amide bonds. The van der Waals surface area contributed by atoms with Crippen molar-refractivity contribution >= 4 is 22.6 Å². The van der Waals surface area contributed by atoms with Crippen molar-refractivity contribution in [2.75, 3.05) is 0 Å². The predicted molar refractivity (Wildman–Crippen MR) is 83.6 cm³/mol. The third-order valence-corrected chi connectivity index (χ3v) is 3.63. The molecule has 0 unspecified atom stereocenters. The molecule has 0 N–H and O–H groups in total. The minimum atomic E-state index is -0.468. The van der Waals surface area contributed by atoms with Crippen molar-refractivity contribution in [3.63, 3.8) is 0 Å². The minimum absolute atomic E-state index is 0.139. The second kappa shape index (κ2) is 5.88. The fourth-order valence-corrected chi connectivity index (χ4v) is 2.51. The van der Waals surface area contributed by atoms with Crippen LogP contribution >= 0.6 is 22.6 Å². The first-order valence-electron chi connectivity index (χ1n) is 6.21. The van der Waals surface area contributed by atoms with Gasteiger partial charge in [0.2, 0.25) is 0 Å². The Morgan fingerprint density at radius 3 is 2.76 bits per heavy atom. The zero-order chi connectivity index (χ0) is 14.8. The second-order valence-corrected chi connectivity index (χ2v) is 5.76. The Hall–Kier alpha value is -1.83. The maximum absolute atomic E-state index is 13.6. The van der Waals surface area contributed by atoms with E-state index in [0.29, 0.717) is 5.82 Å². The maximum Gasteiger partial charge on any atom is 0.181 e. The summed E-state index contributed by atoms with van der Waals surface area (Å²) in [6, 6.07) is 11.1. The monoisotopic (exact) mass is 397 g/mol. The normalized spacial score (nSPS) is 10.8. The number of hydrogen-bond donors (Lipinski definition) is 0. The van der Waals surface area contributed by atoms with Gasteiger partial charge in [-0.05, 0) is 52.9 Å². The average Bonchev–Trinajstić information content (AvgIpc) is 2.91. The molecule has 21 heavy (non-hydrogen) atoms. The predicted octanol–water partition coefficient (Wildman–Crippen LogP) is 3.88. The fraction of sp³-hybridized carbons (Fsp3) is 0.0667. The Labute approximate surface area is 133 Å². The Bertz CT molecular complexity index is 786. The summed E-state index contributed by atoms with van der Waals surface area (Å²) in [4.78, 5) is 4.21. The molecule has 3 aromatic rings. The lowest BCUT2D eigenvalue weighted by Gasteiger charge is -2.03. The summed E-state index contributed by atoms with van der Waals surface area (Å²) < 4.78 is 29.3. The van der Waals surface area contributed by atoms with E-state index >= 15 is 0 Å². The van der Waals surface area contributed by atoms with Crippen molar-refractivity contribution in [3.05, 3.63) is 69.6 Å². The molecule has 0 fully saturated rings. The maximum atomic E-state index is 13.6. The summed E-state index contributed by atoms with van der Waals surface area (Å²) in [6.45, 7) is 0.139. The third-order valence-electron chi connectivity index (χ3n) is 2.96. The Morgan fingerprint density at radius 2 is 1.95 bits per heavy atom. The smallest absolute Gasteiger partial charge is 0.181 e. The van der Waals surface area contributed by atoms with Crippen LogP contribution in [-0.2, 0) is 6.54 Å². The standard InChI is InChI=1S/C15H10F2IN3/c16-12-4-5-14(17)11(6-12)8-21-9-19-15(20-21)10-2-1-3-13(18)7-10/h1-7,9H,8H2. The molecular formula is C15H10F2IN3. The van der Waals surface area contributed by atoms with E-state index in [2.05, 4.69) is 32.7 Å². The van der Waals surface area contributed by atoms with Gasteiger partial charge in [-0.3, -0.25) is 0 Å². The van der Waals surface area contributed by atoms with Crippen LogP contribution in [0.3, 0.4) is 0 Å². The molecule has 0 radical (unpaired) electrons. The molecule has 3 rings (SSSR count). The highest BCUT2D eigenvalue weighted by Crippen LogP contribution is 2.18. The Morgan fingerprint density at radius 1 is 1.10 bits per heavy atom. The third kappa shape index (κ3) is 3.26. The van der Waals surface area contributed by atoms with Crippen LogP contribution in [-0.4, -0.2) is 14.8 Å². The molecule has 6 heteroatoms. The van der Waals surface area contributed by atoms with Crippen molar-refractivity contribution in [1.29, 1.82) is 0 Å². The van der Waals surface area contributed by atoms with Crippen LogP contribution in [0.15, 0.2) is 48.8 Å². The lowest BCUT2D eigenvalue weighted by Crippen LogP contribution is -2.03. The molecule has 1 aromatic heterocycles. The van der Waals surface area contributed by atoms with E-state index in [4.69, 9.17) is 0 Å². The first-order chi connectivity index (χ1) is 10.1. The van der Waals surface area contributed by atoms with E-state index in [9.17, 15) is 8.78 Å². The van der Waals surface area contributed by atoms with Gasteiger partial charge in [0.05, 0.1) is 6.54 Å². The van der Waals surface area contributed by atoms with Crippen LogP contribution in [0.25, 0.3) is 11.4 Å². The summed E-state index contributed by atoms with van der Waals surface area (Å²) in [5.74, 6) is -0.364. The van der Waals surface area contributed by atoms with Crippen molar-refractivity contribution in [2.45, 2.75) is 6.54 Å². The average molecular weight is 397 g/mol. The number of nitrogens with zero attached hydrogens (tertiary/aromatic N) is 3. The fourth-order valence-electron chi connectivity index (χ4n) is 1.97. The number of benzene rings is 2. The molecule has 0 aliphatic heterocycles. The minimum Gasteiger partial charge on any atom is -0.248 e. The van der Waals surface area contributed by atoms with E-state index in [1.807, 2.05) is 24.3 Å². The van der Waals surface area contributed by atoms with E-state index in [0.717, 1.165) is 21.3 Å². The zero-order valence-corrected chi connectivity index (χ0v) is 13.0. The molecular weight excluding hydrogens is 387 g/mol. The summed E-state index contributed by atoms with van der Waals surface area (Å²) in [5.41, 5.74) is 1.13. The van der Waals surface area contributed by atoms with E-state index in [1.165, 1.54) is 17.1 Å². The SMILES string of the molecule is Fc1ccc(F)c(Cn2cnc(-c3cccc(I)c3)n2)c1. The van der Waals surface area contributed by atoms with Crippen molar-refractivity contribution in [3.8, 4) is 11.4 Å². The van der Waals surface area contributed by atoms with Crippen LogP contribution in [0.2, 0.25) is 0 Å². The topological polar surface area (TPSA) is 30.7 Å². The molecule has 0 bridgehead atoms. The van der Waals surface area contributed by atoms with Crippen molar-refractivity contribution in [2.24, 2.45) is 0 Å². The highest BCUT2D eigenvalue weighted by Gasteiger charge is 2.08. The highest BCUT2D eigenvalue weighted by atomic mass is 127. The molecule has 0 aliphatic carbocycles. The van der Waals surface area contributed by atoms with Crippen LogP contribution < -0.4 is 0 Å². The van der Waals surface area contributed by atoms with Crippen molar-refractivity contribution < 1.29 is 8.78 Å². The zero-order valence-electron chi connectivity index (χ0n) is 10.8. The first-order valence-corrected chi connectivity index (χ1v) is 7.29. The first kappa shape index (κ1) is 14.1. The summed E-state index contributed by atoms with van der Waals surface area (Å²) in [7, 11) is 0. The molecule has 3 nitrogen and oxygen atoms in total. The van der Waals surface area contributed by atoms with Crippen LogP contribution in [0.4, 0.5) is 8.78 Å². The summed E-state index contributed by atoms with van der Waals surface area (Å²) >= 11 is 2.21. The largest absolute Gasteiger partial charge is 0.248 e. The van der Waals surface area contributed by atoms with Gasteiger partial charge in [-0.1, -0.05) is 12.1 Å². The van der Waals surface area contributed by atoms with Crippen LogP contribution in [0.5, 0.6) is 0 Å². The molecule has 0 saturated carbocycles. The number of aromatic nitrogens is 3. The summed E-state index contributed by atoms with van der Waals surface area (Å²) in [6.07, 6.45) is 1.51. The Kier molecular flexibility index (Phi) is 3.96. The lowest BCUT2D eigenvalue weighted by atomic mass is 10.2. The van der Waals surface area contributed by atoms with Gasteiger partial charge >= 0.3 is 0 Å². The van der Waals surface area contributed by atoms with Gasteiger partial charge in [0.15, 0.2) is 5.82 Å². The van der Waals surface area contributed by atoms with E-state index in [-0.39, 0.29) is 12.1 Å². The molecule has 1 heterocycles. The molecule has 0 saturated heterocycles. The van der Waals surface area contributed by atoms with E-state index < -0.39 is 11.6 Å². The highest BCUT2D eigenvalue weighted by molar-refractivity contribution is 14.1. The molecule has 0 atom stereocenters. The van der Waals surface area contributed by atoms with Gasteiger partial charge < -0.3 is 0 Å². The van der Waals surface area contributed by atoms with Crippen molar-refractivity contribution in [1.82, 2.24) is 14.8 Å².